The molecular formula is C18H13NO4. The first-order valence-corrected chi connectivity index (χ1v) is 7.30. The van der Waals surface area contributed by atoms with Gasteiger partial charge in [0.15, 0.2) is 0 Å². The van der Waals surface area contributed by atoms with E-state index in [1.807, 2.05) is 24.3 Å². The van der Waals surface area contributed by atoms with E-state index in [2.05, 4.69) is 0 Å². The molecule has 1 aliphatic rings. The lowest BCUT2D eigenvalue weighted by Crippen LogP contribution is -2.39. The van der Waals surface area contributed by atoms with Crippen LogP contribution in [0.4, 0.5) is 5.69 Å². The van der Waals surface area contributed by atoms with Crippen molar-refractivity contribution >= 4 is 22.6 Å². The van der Waals surface area contributed by atoms with Crippen LogP contribution in [0, 0.1) is 0 Å². The summed E-state index contributed by atoms with van der Waals surface area (Å²) in [7, 11) is 0. The molecule has 2 heterocycles. The number of para-hydroxylation sites is 3. The van der Waals surface area contributed by atoms with Gasteiger partial charge in [-0.3, -0.25) is 4.79 Å². The highest BCUT2D eigenvalue weighted by molar-refractivity contribution is 6.08. The summed E-state index contributed by atoms with van der Waals surface area (Å²) < 4.78 is 10.8. The summed E-state index contributed by atoms with van der Waals surface area (Å²) in [5.41, 5.74) is 0.533. The van der Waals surface area contributed by atoms with Crippen molar-refractivity contribution in [3.05, 3.63) is 70.6 Å². The van der Waals surface area contributed by atoms with Gasteiger partial charge < -0.3 is 14.1 Å². The molecule has 2 aromatic carbocycles. The average Bonchev–Trinajstić information content (AvgIpc) is 2.60. The quantitative estimate of drug-likeness (QED) is 0.649. The molecule has 5 nitrogen and oxygen atoms in total. The Morgan fingerprint density at radius 3 is 2.74 bits per heavy atom. The minimum absolute atomic E-state index is 0.0282. The number of carbonyl (C=O) groups excluding carboxylic acids is 1. The van der Waals surface area contributed by atoms with Crippen LogP contribution in [-0.2, 0) is 0 Å². The smallest absolute Gasteiger partial charge is 0.349 e. The van der Waals surface area contributed by atoms with Gasteiger partial charge in [-0.1, -0.05) is 30.3 Å². The number of amides is 1. The first kappa shape index (κ1) is 13.6. The van der Waals surface area contributed by atoms with Crippen molar-refractivity contribution in [3.8, 4) is 5.75 Å². The van der Waals surface area contributed by atoms with Crippen LogP contribution in [0.3, 0.4) is 0 Å². The molecule has 0 saturated carbocycles. The molecule has 1 aromatic heterocycles. The fraction of sp³-hybridized carbons (Fsp3) is 0.111. The number of fused-ring (bicyclic) bond motifs is 2. The lowest BCUT2D eigenvalue weighted by atomic mass is 10.1. The number of nitrogens with zero attached hydrogens (tertiary/aromatic N) is 1. The highest BCUT2D eigenvalue weighted by Crippen LogP contribution is 2.31. The average molecular weight is 307 g/mol. The molecule has 1 amide bonds. The van der Waals surface area contributed by atoms with Gasteiger partial charge >= 0.3 is 5.63 Å². The molecule has 114 valence electrons. The van der Waals surface area contributed by atoms with Crippen LogP contribution in [-0.4, -0.2) is 19.1 Å². The van der Waals surface area contributed by atoms with Crippen molar-refractivity contribution in [2.24, 2.45) is 0 Å². The van der Waals surface area contributed by atoms with Crippen LogP contribution in [0.5, 0.6) is 5.75 Å². The van der Waals surface area contributed by atoms with E-state index in [9.17, 15) is 9.59 Å². The molecule has 3 aromatic rings. The second-order valence-corrected chi connectivity index (χ2v) is 5.26. The molecular weight excluding hydrogens is 294 g/mol. The number of hydrogen-bond acceptors (Lipinski definition) is 4. The Hall–Kier alpha value is -3.08. The molecule has 0 spiro atoms. The fourth-order valence-electron chi connectivity index (χ4n) is 2.74. The molecule has 0 atom stereocenters. The molecule has 4 rings (SSSR count). The zero-order valence-corrected chi connectivity index (χ0v) is 12.2. The van der Waals surface area contributed by atoms with E-state index < -0.39 is 5.63 Å². The van der Waals surface area contributed by atoms with Gasteiger partial charge in [0.25, 0.3) is 5.91 Å². The summed E-state index contributed by atoms with van der Waals surface area (Å²) in [6, 6.07) is 16.0. The van der Waals surface area contributed by atoms with E-state index in [-0.39, 0.29) is 11.5 Å². The molecule has 0 radical (unpaired) electrons. The standard InChI is InChI=1S/C18H13NO4/c20-17(19-9-10-22-16-8-4-2-6-14(16)19)13-11-12-5-1-3-7-15(12)23-18(13)21/h1-8,11H,9-10H2. The molecule has 0 unspecified atom stereocenters. The van der Waals surface area contributed by atoms with Crippen molar-refractivity contribution in [3.63, 3.8) is 0 Å². The van der Waals surface area contributed by atoms with Gasteiger partial charge in [0, 0.05) is 5.39 Å². The summed E-state index contributed by atoms with van der Waals surface area (Å²) in [6.07, 6.45) is 0. The maximum Gasteiger partial charge on any atom is 0.349 e. The minimum atomic E-state index is -0.627. The predicted molar refractivity (Wildman–Crippen MR) is 86.1 cm³/mol. The Kier molecular flexibility index (Phi) is 3.12. The maximum absolute atomic E-state index is 12.8. The number of benzene rings is 2. The van der Waals surface area contributed by atoms with Crippen molar-refractivity contribution in [2.45, 2.75) is 0 Å². The lowest BCUT2D eigenvalue weighted by Gasteiger charge is -2.29. The third-order valence-corrected chi connectivity index (χ3v) is 3.85. The monoisotopic (exact) mass is 307 g/mol. The Morgan fingerprint density at radius 1 is 1.04 bits per heavy atom. The summed E-state index contributed by atoms with van der Waals surface area (Å²) in [4.78, 5) is 26.6. The van der Waals surface area contributed by atoms with E-state index in [1.165, 1.54) is 0 Å². The van der Waals surface area contributed by atoms with Crippen molar-refractivity contribution in [1.29, 1.82) is 0 Å². The molecule has 5 heteroatoms. The first-order chi connectivity index (χ1) is 11.2. The topological polar surface area (TPSA) is 59.8 Å². The highest BCUT2D eigenvalue weighted by Gasteiger charge is 2.26. The van der Waals surface area contributed by atoms with Gasteiger partial charge in [-0.2, -0.15) is 0 Å². The van der Waals surface area contributed by atoms with Gasteiger partial charge in [0.05, 0.1) is 12.2 Å². The van der Waals surface area contributed by atoms with Gasteiger partial charge in [-0.25, -0.2) is 4.79 Å². The zero-order valence-electron chi connectivity index (χ0n) is 12.2. The molecule has 23 heavy (non-hydrogen) atoms. The van der Waals surface area contributed by atoms with E-state index >= 15 is 0 Å². The normalized spacial score (nSPS) is 13.5. The number of rotatable bonds is 1. The van der Waals surface area contributed by atoms with E-state index in [0.29, 0.717) is 30.2 Å². The minimum Gasteiger partial charge on any atom is -0.490 e. The van der Waals surface area contributed by atoms with Gasteiger partial charge in [-0.05, 0) is 24.3 Å². The third kappa shape index (κ3) is 2.26. The zero-order chi connectivity index (χ0) is 15.8. The number of carbonyl (C=O) groups is 1. The molecule has 0 N–H and O–H groups in total. The highest BCUT2D eigenvalue weighted by atomic mass is 16.5. The van der Waals surface area contributed by atoms with Crippen LogP contribution in [0.1, 0.15) is 10.4 Å². The summed E-state index contributed by atoms with van der Waals surface area (Å²) in [5.74, 6) is 0.262. The Bertz CT molecular complexity index is 960. The van der Waals surface area contributed by atoms with Crippen molar-refractivity contribution in [1.82, 2.24) is 0 Å². The van der Waals surface area contributed by atoms with Crippen molar-refractivity contribution < 1.29 is 13.9 Å². The second-order valence-electron chi connectivity index (χ2n) is 5.26. The van der Waals surface area contributed by atoms with Gasteiger partial charge in [-0.15, -0.1) is 0 Å². The van der Waals surface area contributed by atoms with Gasteiger partial charge in [0.1, 0.15) is 23.5 Å². The van der Waals surface area contributed by atoms with Gasteiger partial charge in [0.2, 0.25) is 0 Å². The SMILES string of the molecule is O=C(c1cc2ccccc2oc1=O)N1CCOc2ccccc21. The predicted octanol–water partition coefficient (Wildman–Crippen LogP) is 2.83. The van der Waals surface area contributed by atoms with Crippen molar-refractivity contribution in [2.75, 3.05) is 18.1 Å². The molecule has 0 aliphatic carbocycles. The Labute approximate surface area is 131 Å². The largest absolute Gasteiger partial charge is 0.490 e. The summed E-state index contributed by atoms with van der Waals surface area (Å²) in [5, 5.41) is 0.719. The number of ether oxygens (including phenoxy) is 1. The van der Waals surface area contributed by atoms with Crippen LogP contribution in [0.2, 0.25) is 0 Å². The summed E-state index contributed by atoms with van der Waals surface area (Å²) in [6.45, 7) is 0.782. The third-order valence-electron chi connectivity index (χ3n) is 3.85. The fourth-order valence-corrected chi connectivity index (χ4v) is 2.74. The summed E-state index contributed by atoms with van der Waals surface area (Å²) >= 11 is 0. The van der Waals surface area contributed by atoms with E-state index in [4.69, 9.17) is 9.15 Å². The molecule has 0 bridgehead atoms. The van der Waals surface area contributed by atoms with Crippen LogP contribution >= 0.6 is 0 Å². The van der Waals surface area contributed by atoms with Crippen LogP contribution < -0.4 is 15.3 Å². The molecule has 0 saturated heterocycles. The van der Waals surface area contributed by atoms with E-state index in [1.54, 1.807) is 35.2 Å². The molecule has 0 fully saturated rings. The van der Waals surface area contributed by atoms with Crippen LogP contribution in [0.15, 0.2) is 63.8 Å². The molecule has 1 aliphatic heterocycles. The van der Waals surface area contributed by atoms with E-state index in [0.717, 1.165) is 5.39 Å². The number of anilines is 1. The lowest BCUT2D eigenvalue weighted by molar-refractivity contribution is 0.0973. The van der Waals surface area contributed by atoms with Crippen LogP contribution in [0.25, 0.3) is 11.0 Å². The first-order valence-electron chi connectivity index (χ1n) is 7.30. The Morgan fingerprint density at radius 2 is 1.83 bits per heavy atom. The maximum atomic E-state index is 12.8. The second kappa shape index (κ2) is 5.28. The Balaban J connectivity index is 1.81. The number of hydrogen-bond donors (Lipinski definition) is 0.